The van der Waals surface area contributed by atoms with Gasteiger partial charge in [0.05, 0.1) is 6.10 Å². The monoisotopic (exact) mass is 254 g/mol. The third-order valence-electron chi connectivity index (χ3n) is 4.30. The summed E-state index contributed by atoms with van der Waals surface area (Å²) in [5.74, 6) is 0.466. The summed E-state index contributed by atoms with van der Waals surface area (Å²) in [6.07, 6.45) is 8.43. The van der Waals surface area contributed by atoms with Gasteiger partial charge in [-0.05, 0) is 38.1 Å². The number of carbonyl (C=O) groups is 1. The van der Waals surface area contributed by atoms with Crippen LogP contribution >= 0.6 is 0 Å². The first-order valence-electron chi connectivity index (χ1n) is 7.44. The van der Waals surface area contributed by atoms with Crippen LogP contribution in [0.2, 0.25) is 0 Å². The quantitative estimate of drug-likeness (QED) is 0.690. The van der Waals surface area contributed by atoms with E-state index in [4.69, 9.17) is 0 Å². The number of amides is 1. The zero-order valence-electron chi connectivity index (χ0n) is 11.2. The maximum Gasteiger partial charge on any atom is 0.221 e. The summed E-state index contributed by atoms with van der Waals surface area (Å²) in [5, 5.41) is 16.2. The fourth-order valence-corrected chi connectivity index (χ4v) is 3.13. The van der Waals surface area contributed by atoms with E-state index in [-0.39, 0.29) is 12.0 Å². The second kappa shape index (κ2) is 7.10. The molecule has 1 saturated carbocycles. The number of rotatable bonds is 5. The van der Waals surface area contributed by atoms with Gasteiger partial charge in [0.2, 0.25) is 5.91 Å². The molecule has 0 aromatic rings. The summed E-state index contributed by atoms with van der Waals surface area (Å²) < 4.78 is 0. The summed E-state index contributed by atoms with van der Waals surface area (Å²) in [5.41, 5.74) is 0. The zero-order valence-corrected chi connectivity index (χ0v) is 11.2. The summed E-state index contributed by atoms with van der Waals surface area (Å²) in [6.45, 7) is 1.46. The van der Waals surface area contributed by atoms with Crippen molar-refractivity contribution in [2.45, 2.75) is 63.5 Å². The van der Waals surface area contributed by atoms with Gasteiger partial charge in [-0.25, -0.2) is 0 Å². The molecule has 2 rings (SSSR count). The molecule has 0 aromatic heterocycles. The first-order valence-corrected chi connectivity index (χ1v) is 7.44. The lowest BCUT2D eigenvalue weighted by molar-refractivity contribution is -0.122. The van der Waals surface area contributed by atoms with E-state index in [0.29, 0.717) is 24.9 Å². The highest BCUT2D eigenvalue weighted by Crippen LogP contribution is 2.26. The van der Waals surface area contributed by atoms with Crippen molar-refractivity contribution in [3.05, 3.63) is 0 Å². The van der Waals surface area contributed by atoms with Crippen molar-refractivity contribution in [3.63, 3.8) is 0 Å². The number of hydrogen-bond acceptors (Lipinski definition) is 3. The van der Waals surface area contributed by atoms with Gasteiger partial charge in [-0.3, -0.25) is 4.79 Å². The maximum atomic E-state index is 11.7. The molecule has 1 saturated heterocycles. The van der Waals surface area contributed by atoms with Crippen molar-refractivity contribution >= 4 is 5.91 Å². The van der Waals surface area contributed by atoms with Crippen molar-refractivity contribution in [3.8, 4) is 0 Å². The molecule has 104 valence electrons. The molecule has 3 N–H and O–H groups in total. The first kappa shape index (κ1) is 13.8. The predicted octanol–water partition coefficient (Wildman–Crippen LogP) is 1.19. The van der Waals surface area contributed by atoms with E-state index < -0.39 is 0 Å². The topological polar surface area (TPSA) is 61.4 Å². The Hall–Kier alpha value is -0.610. The van der Waals surface area contributed by atoms with Gasteiger partial charge in [-0.1, -0.05) is 19.3 Å². The molecular weight excluding hydrogens is 228 g/mol. The number of aliphatic hydroxyl groups is 1. The third-order valence-corrected chi connectivity index (χ3v) is 4.30. The maximum absolute atomic E-state index is 11.7. The lowest BCUT2D eigenvalue weighted by atomic mass is 9.85. The molecule has 1 amide bonds. The van der Waals surface area contributed by atoms with Crippen LogP contribution in [0.4, 0.5) is 0 Å². The Balaban J connectivity index is 1.61. The molecule has 0 aromatic carbocycles. The van der Waals surface area contributed by atoms with Gasteiger partial charge in [0.15, 0.2) is 0 Å². The van der Waals surface area contributed by atoms with E-state index in [1.54, 1.807) is 0 Å². The Labute approximate surface area is 110 Å². The van der Waals surface area contributed by atoms with Gasteiger partial charge in [-0.15, -0.1) is 0 Å². The van der Waals surface area contributed by atoms with Crippen molar-refractivity contribution < 1.29 is 9.90 Å². The van der Waals surface area contributed by atoms with E-state index in [1.165, 1.54) is 25.7 Å². The minimum absolute atomic E-state index is 0.0734. The highest BCUT2D eigenvalue weighted by Gasteiger charge is 2.23. The highest BCUT2D eigenvalue weighted by atomic mass is 16.3. The van der Waals surface area contributed by atoms with E-state index in [9.17, 15) is 9.90 Å². The van der Waals surface area contributed by atoms with Crippen LogP contribution in [-0.2, 0) is 4.79 Å². The Morgan fingerprint density at radius 2 is 2.00 bits per heavy atom. The van der Waals surface area contributed by atoms with Crippen LogP contribution in [0.25, 0.3) is 0 Å². The Morgan fingerprint density at radius 3 is 2.67 bits per heavy atom. The molecule has 4 heteroatoms. The highest BCUT2D eigenvalue weighted by molar-refractivity contribution is 5.76. The molecule has 1 heterocycles. The van der Waals surface area contributed by atoms with Crippen LogP contribution in [0.15, 0.2) is 0 Å². The molecular formula is C14H26N2O2. The number of carbonyl (C=O) groups excluding carboxylic acids is 1. The van der Waals surface area contributed by atoms with Crippen molar-refractivity contribution in [2.24, 2.45) is 5.92 Å². The molecule has 1 aliphatic heterocycles. The fourth-order valence-electron chi connectivity index (χ4n) is 3.13. The van der Waals surface area contributed by atoms with E-state index in [1.807, 2.05) is 0 Å². The summed E-state index contributed by atoms with van der Waals surface area (Å²) in [6, 6.07) is 0.344. The Bertz CT molecular complexity index is 259. The molecule has 18 heavy (non-hydrogen) atoms. The summed E-state index contributed by atoms with van der Waals surface area (Å²) in [7, 11) is 0. The smallest absolute Gasteiger partial charge is 0.221 e. The molecule has 2 aliphatic rings. The van der Waals surface area contributed by atoms with Gasteiger partial charge in [-0.2, -0.15) is 0 Å². The standard InChI is InChI=1S/C14H26N2O2/c17-13(11-5-2-1-3-6-11)10-16-14(18)9-12-7-4-8-15-12/h11-13,15,17H,1-10H2,(H,16,18). The molecule has 0 radical (unpaired) electrons. The SMILES string of the molecule is O=C(CC1CCCN1)NCC(O)C1CCCCC1. The lowest BCUT2D eigenvalue weighted by Crippen LogP contribution is -2.39. The molecule has 2 fully saturated rings. The van der Waals surface area contributed by atoms with Crippen molar-refractivity contribution in [1.82, 2.24) is 10.6 Å². The lowest BCUT2D eigenvalue weighted by Gasteiger charge is -2.26. The minimum atomic E-state index is -0.356. The second-order valence-electron chi connectivity index (χ2n) is 5.77. The number of nitrogens with one attached hydrogen (secondary N) is 2. The third kappa shape index (κ3) is 4.25. The average Bonchev–Trinajstić information content (AvgIpc) is 2.90. The van der Waals surface area contributed by atoms with Gasteiger partial charge in [0.25, 0.3) is 0 Å². The first-order chi connectivity index (χ1) is 8.75. The van der Waals surface area contributed by atoms with Gasteiger partial charge < -0.3 is 15.7 Å². The van der Waals surface area contributed by atoms with Crippen LogP contribution in [0.3, 0.4) is 0 Å². The fraction of sp³-hybridized carbons (Fsp3) is 0.929. The molecule has 4 nitrogen and oxygen atoms in total. The Morgan fingerprint density at radius 1 is 1.22 bits per heavy atom. The molecule has 2 atom stereocenters. The summed E-state index contributed by atoms with van der Waals surface area (Å²) >= 11 is 0. The number of aliphatic hydroxyl groups excluding tert-OH is 1. The molecule has 1 aliphatic carbocycles. The van der Waals surface area contributed by atoms with Crippen LogP contribution in [0, 0.1) is 5.92 Å². The van der Waals surface area contributed by atoms with Crippen molar-refractivity contribution in [2.75, 3.05) is 13.1 Å². The number of hydrogen-bond donors (Lipinski definition) is 3. The van der Waals surface area contributed by atoms with Crippen LogP contribution in [-0.4, -0.2) is 36.2 Å². The largest absolute Gasteiger partial charge is 0.391 e. The van der Waals surface area contributed by atoms with Gasteiger partial charge in [0, 0.05) is 19.0 Å². The van der Waals surface area contributed by atoms with Gasteiger partial charge >= 0.3 is 0 Å². The van der Waals surface area contributed by atoms with Gasteiger partial charge in [0.1, 0.15) is 0 Å². The van der Waals surface area contributed by atoms with E-state index in [2.05, 4.69) is 10.6 Å². The Kier molecular flexibility index (Phi) is 5.45. The van der Waals surface area contributed by atoms with E-state index >= 15 is 0 Å². The molecule has 0 spiro atoms. The normalized spacial score (nSPS) is 27.1. The summed E-state index contributed by atoms with van der Waals surface area (Å²) in [4.78, 5) is 11.7. The molecule has 0 bridgehead atoms. The van der Waals surface area contributed by atoms with Crippen LogP contribution in [0.1, 0.15) is 51.4 Å². The van der Waals surface area contributed by atoms with Crippen LogP contribution in [0.5, 0.6) is 0 Å². The predicted molar refractivity (Wildman–Crippen MR) is 71.2 cm³/mol. The molecule has 2 unspecified atom stereocenters. The second-order valence-corrected chi connectivity index (χ2v) is 5.77. The minimum Gasteiger partial charge on any atom is -0.391 e. The van der Waals surface area contributed by atoms with Crippen molar-refractivity contribution in [1.29, 1.82) is 0 Å². The average molecular weight is 254 g/mol. The zero-order chi connectivity index (χ0) is 12.8. The van der Waals surface area contributed by atoms with E-state index in [0.717, 1.165) is 25.8 Å². The van der Waals surface area contributed by atoms with Crippen LogP contribution < -0.4 is 10.6 Å².